The van der Waals surface area contributed by atoms with Gasteiger partial charge in [-0.3, -0.25) is 0 Å². The summed E-state index contributed by atoms with van der Waals surface area (Å²) >= 11 is 6.16. The third-order valence-electron chi connectivity index (χ3n) is 8.42. The van der Waals surface area contributed by atoms with Gasteiger partial charge in [0, 0.05) is 15.2 Å². The van der Waals surface area contributed by atoms with E-state index in [0.717, 1.165) is 31.2 Å². The van der Waals surface area contributed by atoms with Gasteiger partial charge in [-0.25, -0.2) is 4.79 Å². The third-order valence-corrected chi connectivity index (χ3v) is 9.59. The Labute approximate surface area is 294 Å². The highest BCUT2D eigenvalue weighted by atomic mass is 127. The van der Waals surface area contributed by atoms with Crippen molar-refractivity contribution in [1.29, 1.82) is 0 Å². The molecule has 8 heteroatoms. The molecule has 0 bridgehead atoms. The van der Waals surface area contributed by atoms with E-state index >= 15 is 0 Å². The number of carbonyl (C=O) groups excluding carboxylic acids is 1. The molecule has 0 spiro atoms. The molecule has 0 aliphatic heterocycles. The first-order chi connectivity index (χ1) is 22.3. The molecule has 0 fully saturated rings. The molecule has 46 heavy (non-hydrogen) atoms. The molecule has 0 heterocycles. The average molecular weight is 800 g/mol. The maximum Gasteiger partial charge on any atom is 0.341 e. The van der Waals surface area contributed by atoms with Gasteiger partial charge >= 0.3 is 5.97 Å². The smallest absolute Gasteiger partial charge is 0.341 e. The lowest BCUT2D eigenvalue weighted by Gasteiger charge is -2.35. The second kappa shape index (κ2) is 15.9. The van der Waals surface area contributed by atoms with E-state index in [2.05, 4.69) is 113 Å². The van der Waals surface area contributed by atoms with E-state index in [0.29, 0.717) is 44.3 Å². The zero-order chi connectivity index (χ0) is 32.7. The van der Waals surface area contributed by atoms with Crippen LogP contribution in [0.3, 0.4) is 0 Å². The molecule has 242 valence electrons. The minimum atomic E-state index is -0.682. The van der Waals surface area contributed by atoms with Crippen molar-refractivity contribution >= 4 is 44.5 Å². The topological polar surface area (TPSA) is 63.2 Å². The van der Waals surface area contributed by atoms with Crippen LogP contribution in [0.25, 0.3) is 11.1 Å². The number of carbonyl (C=O) groups is 1. The van der Waals surface area contributed by atoms with Crippen LogP contribution in [-0.4, -0.2) is 59.3 Å². The van der Waals surface area contributed by atoms with Crippen molar-refractivity contribution in [2.45, 2.75) is 32.6 Å². The number of aryl methyl sites for hydroxylation is 2. The number of fused-ring (bicyclic) bond motifs is 3. The first-order valence-corrected chi connectivity index (χ1v) is 17.5. The second-order valence-electron chi connectivity index (χ2n) is 11.1. The van der Waals surface area contributed by atoms with Gasteiger partial charge in [-0.2, -0.15) is 0 Å². The van der Waals surface area contributed by atoms with E-state index < -0.39 is 11.4 Å². The van der Waals surface area contributed by atoms with E-state index in [4.69, 9.17) is 23.7 Å². The van der Waals surface area contributed by atoms with Crippen LogP contribution in [0.5, 0.6) is 5.75 Å². The average Bonchev–Trinajstić information content (AvgIpc) is 3.33. The van der Waals surface area contributed by atoms with Crippen LogP contribution in [0.15, 0.2) is 77.3 Å². The summed E-state index contributed by atoms with van der Waals surface area (Å²) in [5, 5.41) is 0. The van der Waals surface area contributed by atoms with Gasteiger partial charge in [0.2, 0.25) is 0 Å². The number of halogens is 2. The highest BCUT2D eigenvalue weighted by Gasteiger charge is 2.47. The quantitative estimate of drug-likeness (QED) is 0.0602. The maximum atomic E-state index is 13.5. The molecule has 0 N–H and O–H groups in total. The van der Waals surface area contributed by atoms with Crippen LogP contribution >= 0.6 is 38.5 Å². The molecule has 1 aliphatic rings. The van der Waals surface area contributed by atoms with Crippen LogP contribution < -0.4 is 4.74 Å². The predicted octanol–water partition coefficient (Wildman–Crippen LogP) is 8.52. The van der Waals surface area contributed by atoms with Gasteiger partial charge in [0.1, 0.15) is 17.9 Å². The van der Waals surface area contributed by atoms with E-state index in [1.165, 1.54) is 27.8 Å². The van der Waals surface area contributed by atoms with Crippen molar-refractivity contribution < 1.29 is 28.5 Å². The Balaban J connectivity index is 1.61. The minimum absolute atomic E-state index is 0.258. The van der Waals surface area contributed by atoms with E-state index in [1.54, 1.807) is 7.11 Å². The molecule has 0 radical (unpaired) electrons. The van der Waals surface area contributed by atoms with Gasteiger partial charge in [0.05, 0.1) is 45.1 Å². The fourth-order valence-electron chi connectivity index (χ4n) is 6.27. The lowest BCUT2D eigenvalue weighted by molar-refractivity contribution is 0.0178. The van der Waals surface area contributed by atoms with Crippen molar-refractivity contribution in [3.63, 3.8) is 0 Å². The lowest BCUT2D eigenvalue weighted by atomic mass is 9.67. The van der Waals surface area contributed by atoms with Crippen LogP contribution in [-0.2, 0) is 30.8 Å². The minimum Gasteiger partial charge on any atom is -0.490 e. The van der Waals surface area contributed by atoms with Gasteiger partial charge in [-0.05, 0) is 124 Å². The summed E-state index contributed by atoms with van der Waals surface area (Å²) in [5.41, 5.74) is 9.09. The SMILES string of the molecule is CCOC(=O)c1cc(C2(c3ccc(C)c(CC)c3)c3cc(Br)ccc3-c3ccc(I)cc32)ccc1OCCOCCOCCOC. The number of benzene rings is 4. The molecule has 1 aliphatic carbocycles. The van der Waals surface area contributed by atoms with Crippen LogP contribution in [0, 0.1) is 10.5 Å². The Hall–Kier alpha value is -2.76. The van der Waals surface area contributed by atoms with Crippen molar-refractivity contribution in [3.8, 4) is 16.9 Å². The molecule has 0 aromatic heterocycles. The highest BCUT2D eigenvalue weighted by molar-refractivity contribution is 14.1. The van der Waals surface area contributed by atoms with E-state index in [9.17, 15) is 4.79 Å². The molecule has 0 saturated carbocycles. The van der Waals surface area contributed by atoms with Crippen molar-refractivity contribution in [2.24, 2.45) is 0 Å². The van der Waals surface area contributed by atoms with Crippen LogP contribution in [0.4, 0.5) is 0 Å². The Morgan fingerprint density at radius 1 is 0.783 bits per heavy atom. The fourth-order valence-corrected chi connectivity index (χ4v) is 7.13. The summed E-state index contributed by atoms with van der Waals surface area (Å²) in [6, 6.07) is 25.9. The number of rotatable bonds is 15. The van der Waals surface area contributed by atoms with Gasteiger partial charge in [-0.15, -0.1) is 0 Å². The molecule has 6 nitrogen and oxygen atoms in total. The summed E-state index contributed by atoms with van der Waals surface area (Å²) in [6.07, 6.45) is 0.919. The molecule has 0 saturated heterocycles. The van der Waals surface area contributed by atoms with Crippen molar-refractivity contribution in [1.82, 2.24) is 0 Å². The van der Waals surface area contributed by atoms with Gasteiger partial charge in [0.15, 0.2) is 0 Å². The molecule has 5 rings (SSSR count). The van der Waals surface area contributed by atoms with Crippen molar-refractivity contribution in [3.05, 3.63) is 120 Å². The third kappa shape index (κ3) is 7.06. The Morgan fingerprint density at radius 2 is 1.43 bits per heavy atom. The molecule has 0 amide bonds. The van der Waals surface area contributed by atoms with Crippen LogP contribution in [0.2, 0.25) is 0 Å². The zero-order valence-electron chi connectivity index (χ0n) is 26.8. The fraction of sp³-hybridized carbons (Fsp3) is 0.342. The molecular weight excluding hydrogens is 759 g/mol. The summed E-state index contributed by atoms with van der Waals surface area (Å²) in [7, 11) is 1.64. The predicted molar refractivity (Wildman–Crippen MR) is 193 cm³/mol. The van der Waals surface area contributed by atoms with Crippen LogP contribution in [0.1, 0.15) is 57.6 Å². The molecule has 4 aromatic carbocycles. The number of methoxy groups -OCH3 is 1. The monoisotopic (exact) mass is 798 g/mol. The van der Waals surface area contributed by atoms with Gasteiger partial charge in [0.25, 0.3) is 0 Å². The maximum absolute atomic E-state index is 13.5. The standard InChI is InChI=1S/C38H40BrIO6/c1-5-26-21-27(8-7-25(26)3)38(34-23-29(39)10-12-31(34)32-13-11-30(40)24-35(32)38)28-9-14-36(33(22-28)37(41)45-6-2)46-20-19-44-18-17-43-16-15-42-4/h7-14,21-24H,5-6,15-20H2,1-4H3. The molecule has 1 unspecified atom stereocenters. The van der Waals surface area contributed by atoms with Gasteiger partial charge < -0.3 is 23.7 Å². The number of hydrogen-bond acceptors (Lipinski definition) is 6. The summed E-state index contributed by atoms with van der Waals surface area (Å²) in [4.78, 5) is 13.5. The first-order valence-electron chi connectivity index (χ1n) is 15.6. The number of hydrogen-bond donors (Lipinski definition) is 0. The summed E-state index contributed by atoms with van der Waals surface area (Å²) < 4.78 is 30.0. The molecule has 1 atom stereocenters. The van der Waals surface area contributed by atoms with E-state index in [-0.39, 0.29) is 13.2 Å². The highest BCUT2D eigenvalue weighted by Crippen LogP contribution is 2.57. The summed E-state index contributed by atoms with van der Waals surface area (Å²) in [5.74, 6) is 0.0428. The summed E-state index contributed by atoms with van der Waals surface area (Å²) in [6.45, 7) is 9.07. The molecule has 4 aromatic rings. The van der Waals surface area contributed by atoms with E-state index in [1.807, 2.05) is 19.1 Å². The zero-order valence-corrected chi connectivity index (χ0v) is 30.5. The number of esters is 1. The lowest BCUT2D eigenvalue weighted by Crippen LogP contribution is -2.29. The largest absolute Gasteiger partial charge is 0.490 e. The Bertz CT molecular complexity index is 1630. The molecular formula is C38H40BrIO6. The normalized spacial score (nSPS) is 15.0. The van der Waals surface area contributed by atoms with Crippen molar-refractivity contribution in [2.75, 3.05) is 53.4 Å². The number of ether oxygens (including phenoxy) is 5. The van der Waals surface area contributed by atoms with Gasteiger partial charge in [-0.1, -0.05) is 59.3 Å². The Kier molecular flexibility index (Phi) is 11.9. The second-order valence-corrected chi connectivity index (χ2v) is 13.3. The first kappa shape index (κ1) is 34.6. The Morgan fingerprint density at radius 3 is 2.15 bits per heavy atom.